The molecule has 0 spiro atoms. The van der Waals surface area contributed by atoms with Crippen molar-refractivity contribution >= 4 is 11.3 Å². The molecule has 106 valence electrons. The van der Waals surface area contributed by atoms with Gasteiger partial charge >= 0.3 is 0 Å². The second kappa shape index (κ2) is 6.56. The van der Waals surface area contributed by atoms with Gasteiger partial charge in [-0.05, 0) is 31.2 Å². The van der Waals surface area contributed by atoms with Crippen LogP contribution in [-0.2, 0) is 6.54 Å². The fourth-order valence-electron chi connectivity index (χ4n) is 1.99. The molecule has 0 amide bonds. The Morgan fingerprint density at radius 1 is 1.10 bits per heavy atom. The quantitative estimate of drug-likeness (QED) is 0.783. The summed E-state index contributed by atoms with van der Waals surface area (Å²) in [5, 5.41) is 6.47. The zero-order chi connectivity index (χ0) is 14.5. The Bertz CT molecular complexity index is 682. The molecule has 3 aromatic rings. The lowest BCUT2D eigenvalue weighted by Crippen LogP contribution is -2.19. The first-order valence-corrected chi connectivity index (χ1v) is 7.71. The SMILES string of the molecule is C[C@@H](NCc1csc(-c2ccccn2)n1)c1ccccn1. The van der Waals surface area contributed by atoms with E-state index in [0.29, 0.717) is 0 Å². The molecule has 1 atom stereocenters. The van der Waals surface area contributed by atoms with Gasteiger partial charge in [0.25, 0.3) is 0 Å². The summed E-state index contributed by atoms with van der Waals surface area (Å²) in [7, 11) is 0. The molecule has 0 radical (unpaired) electrons. The summed E-state index contributed by atoms with van der Waals surface area (Å²) in [4.78, 5) is 13.3. The molecule has 1 N–H and O–H groups in total. The molecule has 0 aliphatic rings. The molecule has 3 rings (SSSR count). The first-order valence-electron chi connectivity index (χ1n) is 6.83. The van der Waals surface area contributed by atoms with Crippen LogP contribution in [0, 0.1) is 0 Å². The number of nitrogens with one attached hydrogen (secondary N) is 1. The second-order valence-corrected chi connectivity index (χ2v) is 5.57. The average Bonchev–Trinajstić information content (AvgIpc) is 3.03. The van der Waals surface area contributed by atoms with Crippen LogP contribution in [0.3, 0.4) is 0 Å². The molecule has 21 heavy (non-hydrogen) atoms. The van der Waals surface area contributed by atoms with Gasteiger partial charge < -0.3 is 5.32 Å². The minimum absolute atomic E-state index is 0.200. The van der Waals surface area contributed by atoms with Crippen LogP contribution in [0.25, 0.3) is 10.7 Å². The largest absolute Gasteiger partial charge is 0.303 e. The van der Waals surface area contributed by atoms with E-state index in [-0.39, 0.29) is 6.04 Å². The minimum Gasteiger partial charge on any atom is -0.303 e. The van der Waals surface area contributed by atoms with Crippen molar-refractivity contribution in [1.82, 2.24) is 20.3 Å². The first kappa shape index (κ1) is 13.9. The molecule has 0 bridgehead atoms. The lowest BCUT2D eigenvalue weighted by molar-refractivity contribution is 0.556. The van der Waals surface area contributed by atoms with Gasteiger partial charge in [-0.15, -0.1) is 11.3 Å². The lowest BCUT2D eigenvalue weighted by Gasteiger charge is -2.11. The molecule has 0 aliphatic heterocycles. The van der Waals surface area contributed by atoms with E-state index in [4.69, 9.17) is 0 Å². The third-order valence-electron chi connectivity index (χ3n) is 3.16. The monoisotopic (exact) mass is 296 g/mol. The van der Waals surface area contributed by atoms with Crippen LogP contribution in [0.2, 0.25) is 0 Å². The van der Waals surface area contributed by atoms with Crippen LogP contribution in [-0.4, -0.2) is 15.0 Å². The highest BCUT2D eigenvalue weighted by molar-refractivity contribution is 7.13. The maximum Gasteiger partial charge on any atom is 0.142 e. The molecule has 5 heteroatoms. The topological polar surface area (TPSA) is 50.7 Å². The molecule has 3 heterocycles. The molecule has 4 nitrogen and oxygen atoms in total. The Morgan fingerprint density at radius 3 is 2.62 bits per heavy atom. The molecule has 0 unspecified atom stereocenters. The summed E-state index contributed by atoms with van der Waals surface area (Å²) in [5.74, 6) is 0. The standard InChI is InChI=1S/C16H16N4S/c1-12(14-6-2-4-8-17-14)19-10-13-11-21-16(20-13)15-7-3-5-9-18-15/h2-9,11-12,19H,10H2,1H3/t12-/m1/s1. The Balaban J connectivity index is 1.63. The van der Waals surface area contributed by atoms with E-state index >= 15 is 0 Å². The van der Waals surface area contributed by atoms with Crippen LogP contribution in [0.15, 0.2) is 54.2 Å². The molecular formula is C16H16N4S. The molecule has 0 fully saturated rings. The Kier molecular flexibility index (Phi) is 4.33. The number of pyridine rings is 2. The summed E-state index contributed by atoms with van der Waals surface area (Å²) >= 11 is 1.62. The third-order valence-corrected chi connectivity index (χ3v) is 4.07. The van der Waals surface area contributed by atoms with Gasteiger partial charge in [-0.2, -0.15) is 0 Å². The van der Waals surface area contributed by atoms with Crippen LogP contribution in [0.4, 0.5) is 0 Å². The van der Waals surface area contributed by atoms with Gasteiger partial charge in [0.15, 0.2) is 0 Å². The molecule has 0 saturated carbocycles. The minimum atomic E-state index is 0.200. The van der Waals surface area contributed by atoms with Gasteiger partial charge in [0.05, 0.1) is 17.1 Å². The summed E-state index contributed by atoms with van der Waals surface area (Å²) < 4.78 is 0. The second-order valence-electron chi connectivity index (χ2n) is 4.72. The number of thiazole rings is 1. The molecule has 0 aliphatic carbocycles. The summed E-state index contributed by atoms with van der Waals surface area (Å²) in [6.07, 6.45) is 3.60. The average molecular weight is 296 g/mol. The van der Waals surface area contributed by atoms with E-state index in [1.54, 1.807) is 17.5 Å². The van der Waals surface area contributed by atoms with E-state index in [1.165, 1.54) is 0 Å². The Hall–Kier alpha value is -2.11. The van der Waals surface area contributed by atoms with Gasteiger partial charge in [-0.3, -0.25) is 9.97 Å². The van der Waals surface area contributed by atoms with Crippen LogP contribution in [0.5, 0.6) is 0 Å². The van der Waals surface area contributed by atoms with Crippen molar-refractivity contribution in [3.63, 3.8) is 0 Å². The summed E-state index contributed by atoms with van der Waals surface area (Å²) in [6.45, 7) is 2.83. The molecule has 0 aromatic carbocycles. The first-order chi connectivity index (χ1) is 10.3. The van der Waals surface area contributed by atoms with Gasteiger partial charge in [-0.1, -0.05) is 12.1 Å². The predicted octanol–water partition coefficient (Wildman–Crippen LogP) is 3.45. The predicted molar refractivity (Wildman–Crippen MR) is 84.8 cm³/mol. The van der Waals surface area contributed by atoms with Crippen molar-refractivity contribution < 1.29 is 0 Å². The van der Waals surface area contributed by atoms with Gasteiger partial charge in [-0.25, -0.2) is 4.98 Å². The number of aromatic nitrogens is 3. The number of nitrogens with zero attached hydrogens (tertiary/aromatic N) is 3. The fraction of sp³-hybridized carbons (Fsp3) is 0.188. The molecular weight excluding hydrogens is 280 g/mol. The van der Waals surface area contributed by atoms with Crippen molar-refractivity contribution in [3.05, 3.63) is 65.6 Å². The van der Waals surface area contributed by atoms with E-state index in [9.17, 15) is 0 Å². The van der Waals surface area contributed by atoms with Crippen LogP contribution in [0.1, 0.15) is 24.4 Å². The van der Waals surface area contributed by atoms with E-state index < -0.39 is 0 Å². The lowest BCUT2D eigenvalue weighted by atomic mass is 10.2. The third kappa shape index (κ3) is 3.51. The van der Waals surface area contributed by atoms with Crippen molar-refractivity contribution in [3.8, 4) is 10.7 Å². The van der Waals surface area contributed by atoms with Crippen LogP contribution < -0.4 is 5.32 Å². The summed E-state index contributed by atoms with van der Waals surface area (Å²) in [6, 6.07) is 12.0. The van der Waals surface area contributed by atoms with E-state index in [0.717, 1.165) is 28.6 Å². The van der Waals surface area contributed by atoms with Gasteiger partial charge in [0.1, 0.15) is 5.01 Å². The zero-order valence-electron chi connectivity index (χ0n) is 11.7. The van der Waals surface area contributed by atoms with Crippen molar-refractivity contribution in [2.45, 2.75) is 19.5 Å². The Labute approximate surface area is 127 Å². The highest BCUT2D eigenvalue weighted by Crippen LogP contribution is 2.21. The van der Waals surface area contributed by atoms with Crippen molar-refractivity contribution in [1.29, 1.82) is 0 Å². The highest BCUT2D eigenvalue weighted by atomic mass is 32.1. The van der Waals surface area contributed by atoms with E-state index in [1.807, 2.05) is 42.6 Å². The normalized spacial score (nSPS) is 12.2. The van der Waals surface area contributed by atoms with E-state index in [2.05, 4.69) is 32.6 Å². The summed E-state index contributed by atoms with van der Waals surface area (Å²) in [5.41, 5.74) is 2.99. The van der Waals surface area contributed by atoms with Gasteiger partial charge in [0, 0.05) is 30.4 Å². The number of rotatable bonds is 5. The smallest absolute Gasteiger partial charge is 0.142 e. The van der Waals surface area contributed by atoms with Crippen molar-refractivity contribution in [2.75, 3.05) is 0 Å². The fourth-order valence-corrected chi connectivity index (χ4v) is 2.78. The maximum absolute atomic E-state index is 4.62. The highest BCUT2D eigenvalue weighted by Gasteiger charge is 2.08. The number of hydrogen-bond acceptors (Lipinski definition) is 5. The Morgan fingerprint density at radius 2 is 1.90 bits per heavy atom. The zero-order valence-corrected chi connectivity index (χ0v) is 12.5. The number of hydrogen-bond donors (Lipinski definition) is 1. The van der Waals surface area contributed by atoms with Crippen LogP contribution >= 0.6 is 11.3 Å². The van der Waals surface area contributed by atoms with Crippen molar-refractivity contribution in [2.24, 2.45) is 0 Å². The van der Waals surface area contributed by atoms with Gasteiger partial charge in [0.2, 0.25) is 0 Å². The maximum atomic E-state index is 4.62. The molecule has 3 aromatic heterocycles. The molecule has 0 saturated heterocycles.